The van der Waals surface area contributed by atoms with Crippen LogP contribution in [0.5, 0.6) is 0 Å². The number of ether oxygens (including phenoxy) is 1. The maximum Gasteiger partial charge on any atom is 0.123 e. The summed E-state index contributed by atoms with van der Waals surface area (Å²) in [5.74, 6) is 0.159. The van der Waals surface area contributed by atoms with Crippen LogP contribution in [0.1, 0.15) is 18.9 Å². The molecule has 2 rings (SSSR count). The van der Waals surface area contributed by atoms with Crippen molar-refractivity contribution in [3.8, 4) is 0 Å². The molecule has 2 N–H and O–H groups in total. The van der Waals surface area contributed by atoms with Gasteiger partial charge in [0.15, 0.2) is 0 Å². The van der Waals surface area contributed by atoms with E-state index in [1.807, 2.05) is 0 Å². The van der Waals surface area contributed by atoms with E-state index in [-0.39, 0.29) is 11.9 Å². The first-order valence-electron chi connectivity index (χ1n) is 5.87. The molecule has 0 saturated carbocycles. The third-order valence-electron chi connectivity index (χ3n) is 3.30. The summed E-state index contributed by atoms with van der Waals surface area (Å²) < 4.78 is 19.6. The van der Waals surface area contributed by atoms with Gasteiger partial charge in [-0.25, -0.2) is 4.39 Å². The van der Waals surface area contributed by atoms with Crippen LogP contribution in [0.25, 0.3) is 0 Å². The lowest BCUT2D eigenvalue weighted by Crippen LogP contribution is -2.32. The standard InChI is InChI=1S/C13H17BrFNO/c1-8-4-10(7-17-8)13(16)6-9-5-11(15)2-3-12(9)14/h2-3,5,8,10,13H,4,6-7,16H2,1H3. The van der Waals surface area contributed by atoms with Gasteiger partial charge in [-0.2, -0.15) is 0 Å². The van der Waals surface area contributed by atoms with Crippen molar-refractivity contribution in [1.29, 1.82) is 0 Å². The summed E-state index contributed by atoms with van der Waals surface area (Å²) in [6, 6.07) is 4.74. The summed E-state index contributed by atoms with van der Waals surface area (Å²) in [6.45, 7) is 2.78. The van der Waals surface area contributed by atoms with Crippen molar-refractivity contribution in [2.75, 3.05) is 6.61 Å². The van der Waals surface area contributed by atoms with Crippen LogP contribution in [0.4, 0.5) is 4.39 Å². The van der Waals surface area contributed by atoms with Gasteiger partial charge in [0.05, 0.1) is 12.7 Å². The Kier molecular flexibility index (Phi) is 4.17. The maximum absolute atomic E-state index is 13.2. The lowest BCUT2D eigenvalue weighted by atomic mass is 9.92. The Bertz CT molecular complexity index is 399. The van der Waals surface area contributed by atoms with Crippen molar-refractivity contribution in [3.63, 3.8) is 0 Å². The summed E-state index contributed by atoms with van der Waals surface area (Å²) in [5.41, 5.74) is 7.10. The number of hydrogen-bond acceptors (Lipinski definition) is 2. The molecule has 17 heavy (non-hydrogen) atoms. The van der Waals surface area contributed by atoms with Gasteiger partial charge in [0.2, 0.25) is 0 Å². The lowest BCUT2D eigenvalue weighted by Gasteiger charge is -2.18. The van der Waals surface area contributed by atoms with Gasteiger partial charge in [-0.1, -0.05) is 15.9 Å². The van der Waals surface area contributed by atoms with Crippen LogP contribution >= 0.6 is 15.9 Å². The summed E-state index contributed by atoms with van der Waals surface area (Å²) >= 11 is 3.43. The van der Waals surface area contributed by atoms with E-state index in [1.165, 1.54) is 6.07 Å². The smallest absolute Gasteiger partial charge is 0.123 e. The van der Waals surface area contributed by atoms with Crippen LogP contribution in [0.2, 0.25) is 0 Å². The van der Waals surface area contributed by atoms with E-state index in [1.54, 1.807) is 12.1 Å². The van der Waals surface area contributed by atoms with Crippen LogP contribution in [-0.4, -0.2) is 18.8 Å². The average molecular weight is 302 g/mol. The van der Waals surface area contributed by atoms with Crippen LogP contribution in [0.15, 0.2) is 22.7 Å². The van der Waals surface area contributed by atoms with Gasteiger partial charge in [0.1, 0.15) is 5.82 Å². The van der Waals surface area contributed by atoms with E-state index in [4.69, 9.17) is 10.5 Å². The van der Waals surface area contributed by atoms with E-state index in [2.05, 4.69) is 22.9 Å². The Morgan fingerprint density at radius 2 is 2.35 bits per heavy atom. The first-order valence-corrected chi connectivity index (χ1v) is 6.66. The Balaban J connectivity index is 2.02. The van der Waals surface area contributed by atoms with E-state index in [0.717, 1.165) is 23.1 Å². The van der Waals surface area contributed by atoms with Crippen LogP contribution in [0.3, 0.4) is 0 Å². The highest BCUT2D eigenvalue weighted by Crippen LogP contribution is 2.26. The molecule has 1 aromatic rings. The van der Waals surface area contributed by atoms with Gasteiger partial charge in [0.25, 0.3) is 0 Å². The fourth-order valence-corrected chi connectivity index (χ4v) is 2.68. The predicted molar refractivity (Wildman–Crippen MR) is 69.3 cm³/mol. The zero-order valence-electron chi connectivity index (χ0n) is 9.83. The molecule has 1 fully saturated rings. The second-order valence-electron chi connectivity index (χ2n) is 4.74. The molecule has 0 radical (unpaired) electrons. The highest BCUT2D eigenvalue weighted by atomic mass is 79.9. The molecule has 1 saturated heterocycles. The van der Waals surface area contributed by atoms with Crippen LogP contribution in [-0.2, 0) is 11.2 Å². The van der Waals surface area contributed by atoms with Crippen molar-refractivity contribution < 1.29 is 9.13 Å². The molecule has 94 valence electrons. The first-order chi connectivity index (χ1) is 8.06. The molecule has 0 spiro atoms. The molecule has 1 aromatic carbocycles. The minimum Gasteiger partial charge on any atom is -0.378 e. The molecule has 1 aliphatic rings. The number of hydrogen-bond donors (Lipinski definition) is 1. The minimum atomic E-state index is -0.216. The molecule has 3 atom stereocenters. The van der Waals surface area contributed by atoms with Crippen molar-refractivity contribution in [3.05, 3.63) is 34.1 Å². The van der Waals surface area contributed by atoms with Gasteiger partial charge >= 0.3 is 0 Å². The Labute approximate surface area is 109 Å². The summed E-state index contributed by atoms with van der Waals surface area (Å²) in [5, 5.41) is 0. The van der Waals surface area contributed by atoms with Crippen molar-refractivity contribution in [1.82, 2.24) is 0 Å². The highest BCUT2D eigenvalue weighted by molar-refractivity contribution is 9.10. The molecular weight excluding hydrogens is 285 g/mol. The Morgan fingerprint density at radius 1 is 1.59 bits per heavy atom. The molecule has 3 unspecified atom stereocenters. The van der Waals surface area contributed by atoms with Crippen molar-refractivity contribution in [2.45, 2.75) is 31.9 Å². The van der Waals surface area contributed by atoms with Crippen molar-refractivity contribution >= 4 is 15.9 Å². The molecule has 0 amide bonds. The summed E-state index contributed by atoms with van der Waals surface area (Å²) in [4.78, 5) is 0. The number of halogens is 2. The zero-order chi connectivity index (χ0) is 12.4. The van der Waals surface area contributed by atoms with E-state index < -0.39 is 0 Å². The maximum atomic E-state index is 13.2. The van der Waals surface area contributed by atoms with E-state index in [9.17, 15) is 4.39 Å². The van der Waals surface area contributed by atoms with E-state index in [0.29, 0.717) is 18.4 Å². The monoisotopic (exact) mass is 301 g/mol. The largest absolute Gasteiger partial charge is 0.378 e. The van der Waals surface area contributed by atoms with Crippen LogP contribution < -0.4 is 5.73 Å². The van der Waals surface area contributed by atoms with Crippen molar-refractivity contribution in [2.24, 2.45) is 11.7 Å². The van der Waals surface area contributed by atoms with E-state index >= 15 is 0 Å². The SMILES string of the molecule is CC1CC(C(N)Cc2cc(F)ccc2Br)CO1. The number of rotatable bonds is 3. The lowest BCUT2D eigenvalue weighted by molar-refractivity contribution is 0.118. The third kappa shape index (κ3) is 3.27. The second kappa shape index (κ2) is 5.46. The molecule has 0 aromatic heterocycles. The molecule has 1 heterocycles. The third-order valence-corrected chi connectivity index (χ3v) is 4.07. The average Bonchev–Trinajstić information content (AvgIpc) is 2.70. The van der Waals surface area contributed by atoms with Gasteiger partial charge in [-0.3, -0.25) is 0 Å². The Morgan fingerprint density at radius 3 is 3.00 bits per heavy atom. The highest BCUT2D eigenvalue weighted by Gasteiger charge is 2.27. The molecule has 0 bridgehead atoms. The summed E-state index contributed by atoms with van der Waals surface area (Å²) in [6.07, 6.45) is 1.97. The first kappa shape index (κ1) is 13.0. The van der Waals surface area contributed by atoms with Crippen LogP contribution in [0, 0.1) is 11.7 Å². The molecule has 0 aliphatic carbocycles. The predicted octanol–water partition coefficient (Wildman–Crippen LogP) is 2.88. The molecule has 2 nitrogen and oxygen atoms in total. The molecular formula is C13H17BrFNO. The fourth-order valence-electron chi connectivity index (χ4n) is 2.27. The second-order valence-corrected chi connectivity index (χ2v) is 5.60. The topological polar surface area (TPSA) is 35.2 Å². The minimum absolute atomic E-state index is 0.0260. The number of nitrogens with two attached hydrogens (primary N) is 1. The quantitative estimate of drug-likeness (QED) is 0.932. The molecule has 1 aliphatic heterocycles. The zero-order valence-corrected chi connectivity index (χ0v) is 11.4. The van der Waals surface area contributed by atoms with Gasteiger partial charge in [0, 0.05) is 16.4 Å². The number of benzene rings is 1. The summed E-state index contributed by atoms with van der Waals surface area (Å²) in [7, 11) is 0. The normalized spacial score (nSPS) is 26.1. The fraction of sp³-hybridized carbons (Fsp3) is 0.538. The van der Waals surface area contributed by atoms with Gasteiger partial charge in [-0.15, -0.1) is 0 Å². The van der Waals surface area contributed by atoms with Gasteiger partial charge in [-0.05, 0) is 43.5 Å². The molecule has 4 heteroatoms. The van der Waals surface area contributed by atoms with Gasteiger partial charge < -0.3 is 10.5 Å². The Hall–Kier alpha value is -0.450.